The van der Waals surface area contributed by atoms with Gasteiger partial charge in [0.25, 0.3) is 0 Å². The smallest absolute Gasteiger partial charge is 0.246 e. The van der Waals surface area contributed by atoms with E-state index in [1.807, 2.05) is 24.1 Å². The molecule has 1 aromatic rings. The molecular formula is C12H19ClN4O. The van der Waals surface area contributed by atoms with E-state index in [-0.39, 0.29) is 18.3 Å². The Labute approximate surface area is 113 Å². The average molecular weight is 271 g/mol. The lowest BCUT2D eigenvalue weighted by Crippen LogP contribution is -2.32. The van der Waals surface area contributed by atoms with Crippen LogP contribution in [-0.2, 0) is 11.8 Å². The predicted molar refractivity (Wildman–Crippen MR) is 73.6 cm³/mol. The molecule has 18 heavy (non-hydrogen) atoms. The molecule has 0 spiro atoms. The zero-order chi connectivity index (χ0) is 12.1. The van der Waals surface area contributed by atoms with Crippen molar-refractivity contribution in [3.63, 3.8) is 0 Å². The second kappa shape index (κ2) is 7.18. The van der Waals surface area contributed by atoms with Crippen molar-refractivity contribution in [1.82, 2.24) is 20.0 Å². The number of halogens is 1. The Morgan fingerprint density at radius 3 is 3.00 bits per heavy atom. The van der Waals surface area contributed by atoms with Gasteiger partial charge in [0, 0.05) is 39.0 Å². The zero-order valence-electron chi connectivity index (χ0n) is 10.5. The van der Waals surface area contributed by atoms with Gasteiger partial charge in [0.1, 0.15) is 0 Å². The summed E-state index contributed by atoms with van der Waals surface area (Å²) in [5.41, 5.74) is 0.936. The largest absolute Gasteiger partial charge is 0.338 e. The fraction of sp³-hybridized carbons (Fsp3) is 0.500. The lowest BCUT2D eigenvalue weighted by Gasteiger charge is -2.17. The summed E-state index contributed by atoms with van der Waals surface area (Å²) in [7, 11) is 1.86. The van der Waals surface area contributed by atoms with E-state index in [2.05, 4.69) is 10.4 Å². The lowest BCUT2D eigenvalue weighted by molar-refractivity contribution is -0.125. The molecule has 1 aliphatic heterocycles. The van der Waals surface area contributed by atoms with Crippen LogP contribution in [0.3, 0.4) is 0 Å². The molecule has 0 bridgehead atoms. The van der Waals surface area contributed by atoms with Crippen molar-refractivity contribution in [3.8, 4) is 0 Å². The summed E-state index contributed by atoms with van der Waals surface area (Å²) in [6, 6.07) is 1.88. The first-order valence-electron chi connectivity index (χ1n) is 5.93. The van der Waals surface area contributed by atoms with Gasteiger partial charge >= 0.3 is 0 Å². The Morgan fingerprint density at radius 2 is 2.28 bits per heavy atom. The molecule has 1 aromatic heterocycles. The van der Waals surface area contributed by atoms with Crippen molar-refractivity contribution in [2.45, 2.75) is 6.42 Å². The van der Waals surface area contributed by atoms with E-state index < -0.39 is 0 Å². The molecule has 0 aliphatic carbocycles. The molecule has 1 aliphatic rings. The number of carbonyl (C=O) groups is 1. The van der Waals surface area contributed by atoms with Crippen molar-refractivity contribution in [2.75, 3.05) is 26.2 Å². The van der Waals surface area contributed by atoms with Crippen molar-refractivity contribution in [3.05, 3.63) is 24.0 Å². The molecule has 6 heteroatoms. The summed E-state index contributed by atoms with van der Waals surface area (Å²) in [6.07, 6.45) is 6.18. The van der Waals surface area contributed by atoms with Crippen LogP contribution in [0.15, 0.2) is 18.3 Å². The monoisotopic (exact) mass is 270 g/mol. The topological polar surface area (TPSA) is 50.2 Å². The summed E-state index contributed by atoms with van der Waals surface area (Å²) in [5.74, 6) is 0.0786. The van der Waals surface area contributed by atoms with Crippen LogP contribution < -0.4 is 5.32 Å². The third-order valence-corrected chi connectivity index (χ3v) is 2.91. The van der Waals surface area contributed by atoms with Crippen molar-refractivity contribution in [1.29, 1.82) is 0 Å². The summed E-state index contributed by atoms with van der Waals surface area (Å²) >= 11 is 0. The van der Waals surface area contributed by atoms with Gasteiger partial charge in [-0.2, -0.15) is 5.10 Å². The van der Waals surface area contributed by atoms with Crippen LogP contribution in [0.5, 0.6) is 0 Å². The number of aromatic nitrogens is 2. The van der Waals surface area contributed by atoms with Gasteiger partial charge in [0.15, 0.2) is 0 Å². The van der Waals surface area contributed by atoms with E-state index in [0.717, 1.165) is 38.3 Å². The molecule has 0 saturated carbocycles. The summed E-state index contributed by atoms with van der Waals surface area (Å²) < 4.78 is 1.74. The minimum Gasteiger partial charge on any atom is -0.338 e. The average Bonchev–Trinajstić information content (AvgIpc) is 2.58. The highest BCUT2D eigenvalue weighted by atomic mass is 35.5. The maximum atomic E-state index is 11.9. The fourth-order valence-electron chi connectivity index (χ4n) is 1.88. The molecule has 1 fully saturated rings. The molecule has 2 heterocycles. The maximum absolute atomic E-state index is 11.9. The maximum Gasteiger partial charge on any atom is 0.246 e. The van der Waals surface area contributed by atoms with Gasteiger partial charge in [-0.05, 0) is 25.1 Å². The molecule has 1 N–H and O–H groups in total. The van der Waals surface area contributed by atoms with Crippen LogP contribution >= 0.6 is 12.4 Å². The van der Waals surface area contributed by atoms with Crippen LogP contribution in [-0.4, -0.2) is 46.8 Å². The summed E-state index contributed by atoms with van der Waals surface area (Å²) in [6.45, 7) is 3.50. The number of carbonyl (C=O) groups excluding carboxylic acids is 1. The molecule has 5 nitrogen and oxygen atoms in total. The van der Waals surface area contributed by atoms with Gasteiger partial charge in [0.05, 0.1) is 5.69 Å². The van der Waals surface area contributed by atoms with Crippen LogP contribution in [0.2, 0.25) is 0 Å². The number of nitrogens with one attached hydrogen (secondary N) is 1. The Morgan fingerprint density at radius 1 is 1.44 bits per heavy atom. The van der Waals surface area contributed by atoms with Gasteiger partial charge in [-0.25, -0.2) is 0 Å². The molecule has 0 unspecified atom stereocenters. The second-order valence-electron chi connectivity index (χ2n) is 4.14. The van der Waals surface area contributed by atoms with E-state index in [9.17, 15) is 4.79 Å². The molecule has 0 radical (unpaired) electrons. The standard InChI is InChI=1S/C12H18N4O.ClH/c1-15-11(5-7-14-15)3-4-12(17)16-9-2-6-13-8-10-16;/h3-5,7,13H,2,6,8-10H2,1H3;1H/b4-3+;. The third kappa shape index (κ3) is 3.85. The van der Waals surface area contributed by atoms with Gasteiger partial charge in [0.2, 0.25) is 5.91 Å². The molecule has 0 aromatic carbocycles. The SMILES string of the molecule is Cl.Cn1nccc1/C=C/C(=O)N1CCCNCC1. The zero-order valence-corrected chi connectivity index (χ0v) is 11.3. The van der Waals surface area contributed by atoms with Crippen LogP contribution in [0.1, 0.15) is 12.1 Å². The number of hydrogen-bond donors (Lipinski definition) is 1. The molecule has 0 atom stereocenters. The number of hydrogen-bond acceptors (Lipinski definition) is 3. The Bertz CT molecular complexity index is 408. The highest BCUT2D eigenvalue weighted by Gasteiger charge is 2.12. The fourth-order valence-corrected chi connectivity index (χ4v) is 1.88. The quantitative estimate of drug-likeness (QED) is 0.804. The summed E-state index contributed by atoms with van der Waals surface area (Å²) in [5, 5.41) is 7.33. The van der Waals surface area contributed by atoms with Crippen LogP contribution in [0.4, 0.5) is 0 Å². The van der Waals surface area contributed by atoms with Crippen molar-refractivity contribution < 1.29 is 4.79 Å². The molecule has 100 valence electrons. The molecule has 1 saturated heterocycles. The van der Waals surface area contributed by atoms with E-state index in [4.69, 9.17) is 0 Å². The molecule has 2 rings (SSSR count). The van der Waals surface area contributed by atoms with Gasteiger partial charge < -0.3 is 10.2 Å². The normalized spacial score (nSPS) is 16.4. The molecular weight excluding hydrogens is 252 g/mol. The van der Waals surface area contributed by atoms with Gasteiger partial charge in [-0.3, -0.25) is 9.48 Å². The van der Waals surface area contributed by atoms with Crippen LogP contribution in [0.25, 0.3) is 6.08 Å². The first-order chi connectivity index (χ1) is 8.27. The highest BCUT2D eigenvalue weighted by Crippen LogP contribution is 2.02. The van der Waals surface area contributed by atoms with E-state index in [0.29, 0.717) is 0 Å². The third-order valence-electron chi connectivity index (χ3n) is 2.91. The lowest BCUT2D eigenvalue weighted by atomic mass is 10.3. The van der Waals surface area contributed by atoms with Crippen molar-refractivity contribution in [2.24, 2.45) is 7.05 Å². The van der Waals surface area contributed by atoms with E-state index in [1.54, 1.807) is 17.0 Å². The van der Waals surface area contributed by atoms with E-state index in [1.165, 1.54) is 0 Å². The Balaban J connectivity index is 0.00000162. The minimum atomic E-state index is 0. The van der Waals surface area contributed by atoms with Crippen LogP contribution in [0, 0.1) is 0 Å². The predicted octanol–water partition coefficient (Wildman–Crippen LogP) is 0.677. The highest BCUT2D eigenvalue weighted by molar-refractivity contribution is 5.91. The Hall–Kier alpha value is -1.33. The minimum absolute atomic E-state index is 0. The van der Waals surface area contributed by atoms with Gasteiger partial charge in [-0.15, -0.1) is 12.4 Å². The second-order valence-corrected chi connectivity index (χ2v) is 4.14. The van der Waals surface area contributed by atoms with Gasteiger partial charge in [-0.1, -0.05) is 0 Å². The number of amides is 1. The van der Waals surface area contributed by atoms with E-state index >= 15 is 0 Å². The molecule has 1 amide bonds. The Kier molecular flexibility index (Phi) is 5.88. The first-order valence-corrected chi connectivity index (χ1v) is 5.93. The number of aryl methyl sites for hydroxylation is 1. The number of nitrogens with zero attached hydrogens (tertiary/aromatic N) is 3. The summed E-state index contributed by atoms with van der Waals surface area (Å²) in [4.78, 5) is 13.8. The first kappa shape index (κ1) is 14.7. The van der Waals surface area contributed by atoms with Crippen molar-refractivity contribution >= 4 is 24.4 Å². The number of rotatable bonds is 2.